The number of benzene rings is 1. The molecule has 0 spiro atoms. The first-order chi connectivity index (χ1) is 12.7. The molecule has 1 aliphatic heterocycles. The number of likely N-dealkylation sites (tertiary alicyclic amines) is 1. The van der Waals surface area contributed by atoms with Gasteiger partial charge < -0.3 is 9.64 Å². The zero-order valence-corrected chi connectivity index (χ0v) is 15.4. The van der Waals surface area contributed by atoms with Gasteiger partial charge >= 0.3 is 0 Å². The highest BCUT2D eigenvalue weighted by Crippen LogP contribution is 2.23. The molecule has 1 saturated heterocycles. The van der Waals surface area contributed by atoms with E-state index in [1.165, 1.54) is 12.0 Å². The van der Waals surface area contributed by atoms with Crippen LogP contribution >= 0.6 is 0 Å². The average Bonchev–Trinajstić information content (AvgIpc) is 2.72. The highest BCUT2D eigenvalue weighted by atomic mass is 16.5. The third kappa shape index (κ3) is 5.28. The van der Waals surface area contributed by atoms with Gasteiger partial charge in [-0.1, -0.05) is 12.1 Å². The smallest absolute Gasteiger partial charge is 0.222 e. The van der Waals surface area contributed by atoms with Gasteiger partial charge in [-0.15, -0.1) is 0 Å². The van der Waals surface area contributed by atoms with Crippen molar-refractivity contribution in [2.24, 2.45) is 5.92 Å². The second-order valence-electron chi connectivity index (χ2n) is 6.91. The van der Waals surface area contributed by atoms with Crippen LogP contribution in [0.15, 0.2) is 42.9 Å². The number of aryl methyl sites for hydroxylation is 2. The van der Waals surface area contributed by atoms with Crippen LogP contribution in [0.25, 0.3) is 0 Å². The molecule has 1 aliphatic rings. The molecule has 0 radical (unpaired) electrons. The third-order valence-electron chi connectivity index (χ3n) is 5.18. The summed E-state index contributed by atoms with van der Waals surface area (Å²) in [6.45, 7) is 1.76. The zero-order valence-electron chi connectivity index (χ0n) is 15.4. The van der Waals surface area contributed by atoms with Crippen molar-refractivity contribution in [3.63, 3.8) is 0 Å². The molecule has 5 nitrogen and oxygen atoms in total. The molecular formula is C21H27N3O2. The average molecular weight is 353 g/mol. The molecule has 0 bridgehead atoms. The van der Waals surface area contributed by atoms with Crippen molar-refractivity contribution in [2.45, 2.75) is 38.5 Å². The molecule has 138 valence electrons. The molecular weight excluding hydrogens is 326 g/mol. The molecule has 1 aromatic heterocycles. The minimum absolute atomic E-state index is 0.240. The molecule has 3 rings (SSSR count). The van der Waals surface area contributed by atoms with Crippen LogP contribution in [-0.2, 0) is 17.6 Å². The van der Waals surface area contributed by atoms with Gasteiger partial charge in [0.1, 0.15) is 5.75 Å². The first-order valence-corrected chi connectivity index (χ1v) is 9.40. The summed E-state index contributed by atoms with van der Waals surface area (Å²) in [7, 11) is 1.69. The van der Waals surface area contributed by atoms with Gasteiger partial charge in [-0.2, -0.15) is 0 Å². The predicted octanol–water partition coefficient (Wildman–Crippen LogP) is 3.29. The van der Waals surface area contributed by atoms with E-state index in [-0.39, 0.29) is 5.91 Å². The summed E-state index contributed by atoms with van der Waals surface area (Å²) in [5, 5.41) is 0. The van der Waals surface area contributed by atoms with Crippen LogP contribution < -0.4 is 4.74 Å². The van der Waals surface area contributed by atoms with Gasteiger partial charge in [0.15, 0.2) is 0 Å². The third-order valence-corrected chi connectivity index (χ3v) is 5.18. The summed E-state index contributed by atoms with van der Waals surface area (Å²) in [5.41, 5.74) is 2.24. The highest BCUT2D eigenvalue weighted by molar-refractivity contribution is 5.76. The summed E-state index contributed by atoms with van der Waals surface area (Å²) >= 11 is 0. The minimum Gasteiger partial charge on any atom is -0.497 e. The van der Waals surface area contributed by atoms with Crippen molar-refractivity contribution < 1.29 is 9.53 Å². The van der Waals surface area contributed by atoms with E-state index < -0.39 is 0 Å². The Morgan fingerprint density at radius 1 is 1.15 bits per heavy atom. The Morgan fingerprint density at radius 2 is 1.92 bits per heavy atom. The number of methoxy groups -OCH3 is 1. The number of ether oxygens (including phenoxy) is 1. The lowest BCUT2D eigenvalue weighted by Gasteiger charge is -2.32. The van der Waals surface area contributed by atoms with Crippen molar-refractivity contribution in [2.75, 3.05) is 20.2 Å². The summed E-state index contributed by atoms with van der Waals surface area (Å²) in [4.78, 5) is 22.7. The predicted molar refractivity (Wildman–Crippen MR) is 101 cm³/mol. The molecule has 1 amide bonds. The summed E-state index contributed by atoms with van der Waals surface area (Å²) in [5.74, 6) is 1.85. The SMILES string of the molecule is COc1ccc(CCC2CCN(C(=O)CCc3cnccn3)CC2)cc1. The van der Waals surface area contributed by atoms with Crippen molar-refractivity contribution in [1.82, 2.24) is 14.9 Å². The van der Waals surface area contributed by atoms with E-state index >= 15 is 0 Å². The zero-order chi connectivity index (χ0) is 18.2. The maximum atomic E-state index is 12.4. The van der Waals surface area contributed by atoms with Gasteiger partial charge in [0.2, 0.25) is 5.91 Å². The molecule has 1 aromatic carbocycles. The molecule has 2 heterocycles. The van der Waals surface area contributed by atoms with E-state index in [1.807, 2.05) is 17.0 Å². The van der Waals surface area contributed by atoms with Crippen LogP contribution in [0.4, 0.5) is 0 Å². The minimum atomic E-state index is 0.240. The first kappa shape index (κ1) is 18.4. The van der Waals surface area contributed by atoms with Crippen molar-refractivity contribution in [1.29, 1.82) is 0 Å². The maximum Gasteiger partial charge on any atom is 0.222 e. The normalized spacial score (nSPS) is 15.0. The Balaban J connectivity index is 1.37. The van der Waals surface area contributed by atoms with Crippen molar-refractivity contribution in [3.05, 3.63) is 54.1 Å². The van der Waals surface area contributed by atoms with Crippen LogP contribution in [0.2, 0.25) is 0 Å². The number of piperidine rings is 1. The highest BCUT2D eigenvalue weighted by Gasteiger charge is 2.22. The number of nitrogens with zero attached hydrogens (tertiary/aromatic N) is 3. The van der Waals surface area contributed by atoms with E-state index in [1.54, 1.807) is 25.7 Å². The summed E-state index contributed by atoms with van der Waals surface area (Å²) in [6, 6.07) is 8.33. The summed E-state index contributed by atoms with van der Waals surface area (Å²) < 4.78 is 5.20. The fraction of sp³-hybridized carbons (Fsp3) is 0.476. The number of rotatable bonds is 7. The first-order valence-electron chi connectivity index (χ1n) is 9.40. The fourth-order valence-corrected chi connectivity index (χ4v) is 3.49. The Labute approximate surface area is 155 Å². The van der Waals surface area contributed by atoms with Crippen LogP contribution in [-0.4, -0.2) is 41.0 Å². The van der Waals surface area contributed by atoms with Gasteiger partial charge in [-0.25, -0.2) is 0 Å². The van der Waals surface area contributed by atoms with Gasteiger partial charge in [0.05, 0.1) is 12.8 Å². The Hall–Kier alpha value is -2.43. The van der Waals surface area contributed by atoms with E-state index in [0.717, 1.165) is 43.8 Å². The van der Waals surface area contributed by atoms with Gasteiger partial charge in [-0.3, -0.25) is 14.8 Å². The van der Waals surface area contributed by atoms with E-state index in [4.69, 9.17) is 4.74 Å². The Kier molecular flexibility index (Phi) is 6.58. The summed E-state index contributed by atoms with van der Waals surface area (Å²) in [6.07, 6.45) is 10.7. The quantitative estimate of drug-likeness (QED) is 0.766. The number of carbonyl (C=O) groups is 1. The Bertz CT molecular complexity index is 680. The van der Waals surface area contributed by atoms with Crippen LogP contribution in [0.3, 0.4) is 0 Å². The lowest BCUT2D eigenvalue weighted by Crippen LogP contribution is -2.38. The molecule has 2 aromatic rings. The fourth-order valence-electron chi connectivity index (χ4n) is 3.49. The lowest BCUT2D eigenvalue weighted by atomic mass is 9.90. The van der Waals surface area contributed by atoms with E-state index in [9.17, 15) is 4.79 Å². The standard InChI is InChI=1S/C21H27N3O2/c1-26-20-7-4-17(5-8-20)2-3-18-10-14-24(15-11-18)21(25)9-6-19-16-22-12-13-23-19/h4-5,7-8,12-13,16,18H,2-3,6,9-11,14-15H2,1H3. The largest absolute Gasteiger partial charge is 0.497 e. The number of amides is 1. The monoisotopic (exact) mass is 353 g/mol. The lowest BCUT2D eigenvalue weighted by molar-refractivity contribution is -0.132. The molecule has 0 aliphatic carbocycles. The second-order valence-corrected chi connectivity index (χ2v) is 6.91. The molecule has 26 heavy (non-hydrogen) atoms. The molecule has 0 unspecified atom stereocenters. The number of hydrogen-bond acceptors (Lipinski definition) is 4. The number of aromatic nitrogens is 2. The van der Waals surface area contributed by atoms with Crippen molar-refractivity contribution >= 4 is 5.91 Å². The van der Waals surface area contributed by atoms with Gasteiger partial charge in [0, 0.05) is 38.1 Å². The van der Waals surface area contributed by atoms with Gasteiger partial charge in [0.25, 0.3) is 0 Å². The maximum absolute atomic E-state index is 12.4. The molecule has 0 atom stereocenters. The Morgan fingerprint density at radius 3 is 2.58 bits per heavy atom. The molecule has 1 fully saturated rings. The molecule has 0 saturated carbocycles. The second kappa shape index (κ2) is 9.32. The van der Waals surface area contributed by atoms with E-state index in [2.05, 4.69) is 22.1 Å². The molecule has 0 N–H and O–H groups in total. The molecule has 5 heteroatoms. The van der Waals surface area contributed by atoms with E-state index in [0.29, 0.717) is 18.8 Å². The van der Waals surface area contributed by atoms with Crippen LogP contribution in [0.1, 0.15) is 36.9 Å². The van der Waals surface area contributed by atoms with Gasteiger partial charge in [-0.05, 0) is 55.7 Å². The topological polar surface area (TPSA) is 55.3 Å². The van der Waals surface area contributed by atoms with Crippen molar-refractivity contribution in [3.8, 4) is 5.75 Å². The number of carbonyl (C=O) groups excluding carboxylic acids is 1. The number of hydrogen-bond donors (Lipinski definition) is 0. The van der Waals surface area contributed by atoms with Crippen LogP contribution in [0.5, 0.6) is 5.75 Å². The van der Waals surface area contributed by atoms with Crippen LogP contribution in [0, 0.1) is 5.92 Å².